The van der Waals surface area contributed by atoms with Crippen LogP contribution in [0.1, 0.15) is 15.6 Å². The monoisotopic (exact) mass is 270 g/mol. The lowest BCUT2D eigenvalue weighted by Gasteiger charge is -2.04. The molecule has 2 rings (SSSR count). The standard InChI is InChI=1S/C12H12ClFN2S/c1-7-8(2)17-12(16-7)6-15-9-3-4-11(14)10(13)5-9/h3-5,15H,6H2,1-2H3. The fourth-order valence-electron chi connectivity index (χ4n) is 1.40. The smallest absolute Gasteiger partial charge is 0.141 e. The van der Waals surface area contributed by atoms with Crippen LogP contribution in [-0.4, -0.2) is 4.98 Å². The molecule has 0 aliphatic carbocycles. The molecule has 5 heteroatoms. The number of halogens is 2. The van der Waals surface area contributed by atoms with E-state index in [1.807, 2.05) is 13.8 Å². The first-order valence-corrected chi connectivity index (χ1v) is 6.37. The van der Waals surface area contributed by atoms with E-state index in [1.165, 1.54) is 10.9 Å². The lowest BCUT2D eigenvalue weighted by atomic mass is 10.3. The topological polar surface area (TPSA) is 24.9 Å². The predicted molar refractivity (Wildman–Crippen MR) is 70.3 cm³/mol. The maximum Gasteiger partial charge on any atom is 0.141 e. The van der Waals surface area contributed by atoms with Crippen molar-refractivity contribution in [1.82, 2.24) is 4.98 Å². The molecule has 0 saturated carbocycles. The van der Waals surface area contributed by atoms with Gasteiger partial charge in [0.15, 0.2) is 0 Å². The normalized spacial score (nSPS) is 10.6. The van der Waals surface area contributed by atoms with Gasteiger partial charge in [0.05, 0.1) is 17.3 Å². The SMILES string of the molecule is Cc1nc(CNc2ccc(F)c(Cl)c2)sc1C. The van der Waals surface area contributed by atoms with Crippen LogP contribution in [0.2, 0.25) is 5.02 Å². The Bertz CT molecular complexity index is 520. The maximum absolute atomic E-state index is 12.9. The van der Waals surface area contributed by atoms with Gasteiger partial charge in [-0.15, -0.1) is 11.3 Å². The molecule has 90 valence electrons. The number of aryl methyl sites for hydroxylation is 2. The van der Waals surface area contributed by atoms with E-state index in [4.69, 9.17) is 11.6 Å². The molecule has 17 heavy (non-hydrogen) atoms. The highest BCUT2D eigenvalue weighted by Crippen LogP contribution is 2.21. The van der Waals surface area contributed by atoms with E-state index >= 15 is 0 Å². The molecule has 2 aromatic rings. The van der Waals surface area contributed by atoms with Crippen LogP contribution in [0.15, 0.2) is 18.2 Å². The average Bonchev–Trinajstić information content (AvgIpc) is 2.60. The van der Waals surface area contributed by atoms with E-state index in [1.54, 1.807) is 23.5 Å². The van der Waals surface area contributed by atoms with Crippen LogP contribution in [0.3, 0.4) is 0 Å². The summed E-state index contributed by atoms with van der Waals surface area (Å²) in [7, 11) is 0. The molecule has 0 aliphatic heterocycles. The number of thiazole rings is 1. The molecule has 2 nitrogen and oxygen atoms in total. The van der Waals surface area contributed by atoms with Gasteiger partial charge in [-0.1, -0.05) is 11.6 Å². The van der Waals surface area contributed by atoms with Gasteiger partial charge in [-0.2, -0.15) is 0 Å². The van der Waals surface area contributed by atoms with Crippen molar-refractivity contribution in [1.29, 1.82) is 0 Å². The van der Waals surface area contributed by atoms with E-state index in [0.29, 0.717) is 6.54 Å². The maximum atomic E-state index is 12.9. The second-order valence-corrected chi connectivity index (χ2v) is 5.43. The molecule has 0 fully saturated rings. The van der Waals surface area contributed by atoms with Crippen LogP contribution in [0, 0.1) is 19.7 Å². The summed E-state index contributed by atoms with van der Waals surface area (Å²) in [6.45, 7) is 4.66. The van der Waals surface area contributed by atoms with Crippen molar-refractivity contribution in [3.8, 4) is 0 Å². The van der Waals surface area contributed by atoms with E-state index in [0.717, 1.165) is 16.4 Å². The van der Waals surface area contributed by atoms with Gasteiger partial charge in [-0.05, 0) is 32.0 Å². The van der Waals surface area contributed by atoms with Gasteiger partial charge in [0.1, 0.15) is 10.8 Å². The number of nitrogens with one attached hydrogen (secondary N) is 1. The molecule has 0 aliphatic rings. The molecule has 0 unspecified atom stereocenters. The first-order valence-electron chi connectivity index (χ1n) is 5.18. The van der Waals surface area contributed by atoms with Crippen LogP contribution in [0.5, 0.6) is 0 Å². The zero-order chi connectivity index (χ0) is 12.4. The zero-order valence-corrected chi connectivity index (χ0v) is 11.1. The summed E-state index contributed by atoms with van der Waals surface area (Å²) in [4.78, 5) is 5.64. The Balaban J connectivity index is 2.04. The summed E-state index contributed by atoms with van der Waals surface area (Å²) in [6, 6.07) is 4.59. The third-order valence-electron chi connectivity index (χ3n) is 2.44. The van der Waals surface area contributed by atoms with Crippen LogP contribution >= 0.6 is 22.9 Å². The van der Waals surface area contributed by atoms with Crippen molar-refractivity contribution in [3.05, 3.63) is 44.6 Å². The van der Waals surface area contributed by atoms with Gasteiger partial charge < -0.3 is 5.32 Å². The molecule has 0 saturated heterocycles. The summed E-state index contributed by atoms with van der Waals surface area (Å²) in [6.07, 6.45) is 0. The van der Waals surface area contributed by atoms with Gasteiger partial charge in [-0.3, -0.25) is 0 Å². The van der Waals surface area contributed by atoms with E-state index < -0.39 is 5.82 Å². The Morgan fingerprint density at radius 3 is 2.76 bits per heavy atom. The first-order chi connectivity index (χ1) is 8.06. The van der Waals surface area contributed by atoms with E-state index in [-0.39, 0.29) is 5.02 Å². The van der Waals surface area contributed by atoms with Crippen molar-refractivity contribution >= 4 is 28.6 Å². The molecule has 1 aromatic carbocycles. The minimum Gasteiger partial charge on any atom is -0.378 e. The Kier molecular flexibility index (Phi) is 3.64. The Labute approximate surface area is 108 Å². The highest BCUT2D eigenvalue weighted by atomic mass is 35.5. The minimum absolute atomic E-state index is 0.126. The highest BCUT2D eigenvalue weighted by Gasteiger charge is 2.04. The molecule has 0 atom stereocenters. The zero-order valence-electron chi connectivity index (χ0n) is 9.55. The largest absolute Gasteiger partial charge is 0.378 e. The minimum atomic E-state index is -0.404. The van der Waals surface area contributed by atoms with Crippen LogP contribution in [-0.2, 0) is 6.54 Å². The fourth-order valence-corrected chi connectivity index (χ4v) is 2.45. The summed E-state index contributed by atoms with van der Waals surface area (Å²) in [5, 5.41) is 4.31. The Morgan fingerprint density at radius 1 is 1.41 bits per heavy atom. The molecular formula is C12H12ClFN2S. The molecule has 1 aromatic heterocycles. The second kappa shape index (κ2) is 5.02. The molecule has 0 amide bonds. The number of aromatic nitrogens is 1. The number of rotatable bonds is 3. The van der Waals surface area contributed by atoms with Crippen LogP contribution in [0.4, 0.5) is 10.1 Å². The van der Waals surface area contributed by atoms with E-state index in [9.17, 15) is 4.39 Å². The molecule has 1 heterocycles. The van der Waals surface area contributed by atoms with E-state index in [2.05, 4.69) is 10.3 Å². The van der Waals surface area contributed by atoms with Gasteiger partial charge in [-0.25, -0.2) is 9.37 Å². The van der Waals surface area contributed by atoms with Crippen molar-refractivity contribution in [2.75, 3.05) is 5.32 Å². The molecule has 0 radical (unpaired) electrons. The molecule has 0 bridgehead atoms. The summed E-state index contributed by atoms with van der Waals surface area (Å²) < 4.78 is 12.9. The van der Waals surface area contributed by atoms with Gasteiger partial charge in [0.2, 0.25) is 0 Å². The number of nitrogens with zero attached hydrogens (tertiary/aromatic N) is 1. The fraction of sp³-hybridized carbons (Fsp3) is 0.250. The van der Waals surface area contributed by atoms with Crippen molar-refractivity contribution < 1.29 is 4.39 Å². The lowest BCUT2D eigenvalue weighted by molar-refractivity contribution is 0.628. The Morgan fingerprint density at radius 2 is 2.18 bits per heavy atom. The quantitative estimate of drug-likeness (QED) is 0.906. The third kappa shape index (κ3) is 2.96. The van der Waals surface area contributed by atoms with Crippen molar-refractivity contribution in [2.24, 2.45) is 0 Å². The number of benzene rings is 1. The molecule has 0 spiro atoms. The highest BCUT2D eigenvalue weighted by molar-refractivity contribution is 7.11. The van der Waals surface area contributed by atoms with Gasteiger partial charge in [0.25, 0.3) is 0 Å². The number of hydrogen-bond donors (Lipinski definition) is 1. The molecule has 1 N–H and O–H groups in total. The van der Waals surface area contributed by atoms with Crippen LogP contribution < -0.4 is 5.32 Å². The summed E-state index contributed by atoms with van der Waals surface area (Å²) in [5.41, 5.74) is 1.85. The summed E-state index contributed by atoms with van der Waals surface area (Å²) in [5.74, 6) is -0.404. The van der Waals surface area contributed by atoms with Crippen molar-refractivity contribution in [3.63, 3.8) is 0 Å². The third-order valence-corrected chi connectivity index (χ3v) is 3.80. The lowest BCUT2D eigenvalue weighted by Crippen LogP contribution is -1.99. The van der Waals surface area contributed by atoms with Crippen LogP contribution in [0.25, 0.3) is 0 Å². The first kappa shape index (κ1) is 12.3. The van der Waals surface area contributed by atoms with Gasteiger partial charge in [0, 0.05) is 10.6 Å². The number of hydrogen-bond acceptors (Lipinski definition) is 3. The van der Waals surface area contributed by atoms with Gasteiger partial charge >= 0.3 is 0 Å². The second-order valence-electron chi connectivity index (χ2n) is 3.73. The van der Waals surface area contributed by atoms with Crippen molar-refractivity contribution in [2.45, 2.75) is 20.4 Å². The predicted octanol–water partition coefficient (Wildman–Crippen LogP) is 4.16. The Hall–Kier alpha value is -1.13. The molecular weight excluding hydrogens is 259 g/mol. The average molecular weight is 271 g/mol. The summed E-state index contributed by atoms with van der Waals surface area (Å²) >= 11 is 7.36. The number of anilines is 1.